The molecule has 20 heavy (non-hydrogen) atoms. The van der Waals surface area contributed by atoms with Gasteiger partial charge >= 0.3 is 0 Å². The molecular formula is C20H38. The fourth-order valence-corrected chi connectivity index (χ4v) is 5.39. The Morgan fingerprint density at radius 1 is 0.750 bits per heavy atom. The molecule has 2 fully saturated rings. The first-order valence-corrected chi connectivity index (χ1v) is 9.73. The van der Waals surface area contributed by atoms with E-state index in [2.05, 4.69) is 20.8 Å². The molecule has 0 saturated heterocycles. The zero-order valence-corrected chi connectivity index (χ0v) is 14.4. The fourth-order valence-electron chi connectivity index (χ4n) is 5.39. The molecular weight excluding hydrogens is 240 g/mol. The van der Waals surface area contributed by atoms with E-state index in [9.17, 15) is 0 Å². The SMILES string of the molecule is CCCC1CCC(C2CCC(CC)(CCC)CC2)CC1. The summed E-state index contributed by atoms with van der Waals surface area (Å²) in [5, 5.41) is 0. The highest BCUT2D eigenvalue weighted by molar-refractivity contribution is 4.88. The van der Waals surface area contributed by atoms with Gasteiger partial charge in [-0.15, -0.1) is 0 Å². The largest absolute Gasteiger partial charge is 0.0654 e. The lowest BCUT2D eigenvalue weighted by molar-refractivity contribution is 0.0814. The van der Waals surface area contributed by atoms with Crippen molar-refractivity contribution in [3.05, 3.63) is 0 Å². The summed E-state index contributed by atoms with van der Waals surface area (Å²) in [4.78, 5) is 0. The van der Waals surface area contributed by atoms with Gasteiger partial charge in [0.1, 0.15) is 0 Å². The second kappa shape index (κ2) is 7.85. The lowest BCUT2D eigenvalue weighted by Gasteiger charge is -2.43. The molecule has 2 aliphatic carbocycles. The zero-order valence-electron chi connectivity index (χ0n) is 14.4. The second-order valence-electron chi connectivity index (χ2n) is 8.01. The predicted octanol–water partition coefficient (Wildman–Crippen LogP) is 6.98. The summed E-state index contributed by atoms with van der Waals surface area (Å²) in [5.74, 6) is 3.27. The average Bonchev–Trinajstić information content (AvgIpc) is 2.50. The van der Waals surface area contributed by atoms with Gasteiger partial charge in [-0.05, 0) is 68.1 Å². The van der Waals surface area contributed by atoms with Gasteiger partial charge in [-0.25, -0.2) is 0 Å². The van der Waals surface area contributed by atoms with Gasteiger partial charge in [0, 0.05) is 0 Å². The zero-order chi connectivity index (χ0) is 14.4. The van der Waals surface area contributed by atoms with Crippen LogP contribution in [0.2, 0.25) is 0 Å². The van der Waals surface area contributed by atoms with Gasteiger partial charge < -0.3 is 0 Å². The maximum atomic E-state index is 2.44. The summed E-state index contributed by atoms with van der Waals surface area (Å²) in [6, 6.07) is 0. The average molecular weight is 279 g/mol. The van der Waals surface area contributed by atoms with Crippen molar-refractivity contribution in [1.29, 1.82) is 0 Å². The Bertz CT molecular complexity index is 251. The molecule has 0 radical (unpaired) electrons. The Morgan fingerprint density at radius 2 is 1.35 bits per heavy atom. The van der Waals surface area contributed by atoms with Crippen molar-refractivity contribution >= 4 is 0 Å². The van der Waals surface area contributed by atoms with E-state index in [0.717, 1.165) is 23.2 Å². The molecule has 0 aromatic heterocycles. The summed E-state index contributed by atoms with van der Waals surface area (Å²) >= 11 is 0. The van der Waals surface area contributed by atoms with Gasteiger partial charge in [-0.1, -0.05) is 59.3 Å². The van der Waals surface area contributed by atoms with Crippen molar-refractivity contribution in [2.75, 3.05) is 0 Å². The van der Waals surface area contributed by atoms with E-state index in [-0.39, 0.29) is 0 Å². The quantitative estimate of drug-likeness (QED) is 0.491. The number of hydrogen-bond acceptors (Lipinski definition) is 0. The standard InChI is InChI=1S/C20H38/c1-4-7-17-8-10-18(11-9-17)19-12-15-20(6-3,14-5-2)16-13-19/h17-19H,4-16H2,1-3H3. The molecule has 0 aromatic rings. The van der Waals surface area contributed by atoms with Crippen LogP contribution in [0.1, 0.15) is 104 Å². The van der Waals surface area contributed by atoms with Crippen LogP contribution in [0.3, 0.4) is 0 Å². The Kier molecular flexibility index (Phi) is 6.43. The fraction of sp³-hybridized carbons (Fsp3) is 1.00. The molecule has 0 aromatic carbocycles. The molecule has 0 atom stereocenters. The van der Waals surface area contributed by atoms with E-state index in [0.29, 0.717) is 0 Å². The number of rotatable bonds is 6. The van der Waals surface area contributed by atoms with Crippen molar-refractivity contribution in [1.82, 2.24) is 0 Å². The third kappa shape index (κ3) is 4.01. The Hall–Kier alpha value is 0. The molecule has 0 amide bonds. The highest BCUT2D eigenvalue weighted by Gasteiger charge is 2.36. The maximum Gasteiger partial charge on any atom is -0.0300 e. The van der Waals surface area contributed by atoms with Crippen LogP contribution in [-0.4, -0.2) is 0 Å². The lowest BCUT2D eigenvalue weighted by atomic mass is 9.62. The van der Waals surface area contributed by atoms with Crippen LogP contribution in [0.15, 0.2) is 0 Å². The monoisotopic (exact) mass is 278 g/mol. The van der Waals surface area contributed by atoms with E-state index in [1.165, 1.54) is 44.9 Å². The molecule has 0 unspecified atom stereocenters. The second-order valence-corrected chi connectivity index (χ2v) is 8.01. The normalized spacial score (nSPS) is 38.9. The first-order valence-electron chi connectivity index (χ1n) is 9.73. The first-order chi connectivity index (χ1) is 9.73. The molecule has 0 bridgehead atoms. The Morgan fingerprint density at radius 3 is 1.85 bits per heavy atom. The molecule has 0 heterocycles. The summed E-state index contributed by atoms with van der Waals surface area (Å²) < 4.78 is 0. The van der Waals surface area contributed by atoms with Crippen LogP contribution < -0.4 is 0 Å². The van der Waals surface area contributed by atoms with Crippen LogP contribution in [0.25, 0.3) is 0 Å². The third-order valence-electron chi connectivity index (χ3n) is 6.88. The van der Waals surface area contributed by atoms with E-state index < -0.39 is 0 Å². The topological polar surface area (TPSA) is 0 Å². The molecule has 0 heteroatoms. The maximum absolute atomic E-state index is 2.44. The molecule has 2 aliphatic rings. The van der Waals surface area contributed by atoms with E-state index >= 15 is 0 Å². The molecule has 0 spiro atoms. The molecule has 118 valence electrons. The predicted molar refractivity (Wildman–Crippen MR) is 89.9 cm³/mol. The minimum atomic E-state index is 0.741. The molecule has 0 N–H and O–H groups in total. The van der Waals surface area contributed by atoms with Crippen molar-refractivity contribution < 1.29 is 0 Å². The number of hydrogen-bond donors (Lipinski definition) is 0. The van der Waals surface area contributed by atoms with Crippen molar-refractivity contribution in [3.63, 3.8) is 0 Å². The highest BCUT2D eigenvalue weighted by Crippen LogP contribution is 2.49. The van der Waals surface area contributed by atoms with Gasteiger partial charge in [0.25, 0.3) is 0 Å². The van der Waals surface area contributed by atoms with Gasteiger partial charge in [-0.3, -0.25) is 0 Å². The van der Waals surface area contributed by atoms with Gasteiger partial charge in [0.15, 0.2) is 0 Å². The Balaban J connectivity index is 1.77. The summed E-state index contributed by atoms with van der Waals surface area (Å²) in [6.07, 6.45) is 19.6. The summed E-state index contributed by atoms with van der Waals surface area (Å²) in [7, 11) is 0. The van der Waals surface area contributed by atoms with Crippen LogP contribution in [-0.2, 0) is 0 Å². The van der Waals surface area contributed by atoms with Crippen LogP contribution in [0, 0.1) is 23.2 Å². The van der Waals surface area contributed by atoms with Gasteiger partial charge in [0.2, 0.25) is 0 Å². The van der Waals surface area contributed by atoms with Crippen molar-refractivity contribution in [2.45, 2.75) is 104 Å². The lowest BCUT2D eigenvalue weighted by Crippen LogP contribution is -2.31. The van der Waals surface area contributed by atoms with Crippen molar-refractivity contribution in [2.24, 2.45) is 23.2 Å². The summed E-state index contributed by atoms with van der Waals surface area (Å²) in [6.45, 7) is 7.16. The van der Waals surface area contributed by atoms with E-state index in [1.54, 1.807) is 38.5 Å². The van der Waals surface area contributed by atoms with Crippen LogP contribution >= 0.6 is 0 Å². The molecule has 0 aliphatic heterocycles. The van der Waals surface area contributed by atoms with E-state index in [1.807, 2.05) is 0 Å². The Labute approximate surface area is 128 Å². The molecule has 2 rings (SSSR count). The van der Waals surface area contributed by atoms with E-state index in [4.69, 9.17) is 0 Å². The minimum absolute atomic E-state index is 0.741. The minimum Gasteiger partial charge on any atom is -0.0654 e. The van der Waals surface area contributed by atoms with Crippen molar-refractivity contribution in [3.8, 4) is 0 Å². The highest BCUT2D eigenvalue weighted by atomic mass is 14.4. The van der Waals surface area contributed by atoms with Crippen LogP contribution in [0.4, 0.5) is 0 Å². The van der Waals surface area contributed by atoms with Crippen LogP contribution in [0.5, 0.6) is 0 Å². The summed E-state index contributed by atoms with van der Waals surface area (Å²) in [5.41, 5.74) is 0.741. The van der Waals surface area contributed by atoms with Gasteiger partial charge in [0.05, 0.1) is 0 Å². The smallest absolute Gasteiger partial charge is 0.0300 e. The molecule has 2 saturated carbocycles. The third-order valence-corrected chi connectivity index (χ3v) is 6.88. The molecule has 0 nitrogen and oxygen atoms in total. The van der Waals surface area contributed by atoms with Gasteiger partial charge in [-0.2, -0.15) is 0 Å². The first kappa shape index (κ1) is 16.4.